The van der Waals surface area contributed by atoms with Crippen LogP contribution in [0.4, 0.5) is 0 Å². The largest absolute Gasteiger partial charge is 0.345 e. The lowest BCUT2D eigenvalue weighted by Gasteiger charge is -2.00. The van der Waals surface area contributed by atoms with Gasteiger partial charge in [0.25, 0.3) is 0 Å². The van der Waals surface area contributed by atoms with Gasteiger partial charge in [-0.1, -0.05) is 55.1 Å². The molecule has 0 spiro atoms. The van der Waals surface area contributed by atoms with Gasteiger partial charge in [-0.25, -0.2) is 4.98 Å². The van der Waals surface area contributed by atoms with Crippen molar-refractivity contribution in [2.75, 3.05) is 0 Å². The molecular formula is C19H16N2. The highest BCUT2D eigenvalue weighted by Crippen LogP contribution is 2.21. The van der Waals surface area contributed by atoms with Crippen molar-refractivity contribution < 1.29 is 0 Å². The number of aromatic amines is 1. The van der Waals surface area contributed by atoms with E-state index < -0.39 is 0 Å². The summed E-state index contributed by atoms with van der Waals surface area (Å²) < 4.78 is 0. The molecule has 1 N–H and O–H groups in total. The van der Waals surface area contributed by atoms with E-state index in [2.05, 4.69) is 77.2 Å². The molecule has 1 heterocycles. The first-order valence-electron chi connectivity index (χ1n) is 6.86. The number of fused-ring (bicyclic) bond motifs is 2. The van der Waals surface area contributed by atoms with Crippen LogP contribution in [0, 0.1) is 0 Å². The fourth-order valence-electron chi connectivity index (χ4n) is 2.27. The van der Waals surface area contributed by atoms with E-state index in [1.54, 1.807) is 18.5 Å². The maximum Gasteiger partial charge on any atom is 0.129 e. The Hall–Kier alpha value is -2.87. The van der Waals surface area contributed by atoms with E-state index in [0.29, 0.717) is 0 Å². The highest BCUT2D eigenvalue weighted by molar-refractivity contribution is 5.98. The number of hydrogen-bond donors (Lipinski definition) is 1. The molecule has 4 rings (SSSR count). The minimum absolute atomic E-state index is 0.819. The van der Waals surface area contributed by atoms with E-state index in [9.17, 15) is 0 Å². The van der Waals surface area contributed by atoms with Gasteiger partial charge in [0.1, 0.15) is 5.82 Å². The molecule has 0 saturated heterocycles. The first-order valence-corrected chi connectivity index (χ1v) is 6.86. The smallest absolute Gasteiger partial charge is 0.129 e. The summed E-state index contributed by atoms with van der Waals surface area (Å²) in [5, 5.41) is 5.25. The molecule has 0 bridgehead atoms. The van der Waals surface area contributed by atoms with Crippen LogP contribution in [0.3, 0.4) is 0 Å². The van der Waals surface area contributed by atoms with Crippen molar-refractivity contribution in [2.24, 2.45) is 0 Å². The van der Waals surface area contributed by atoms with Gasteiger partial charge in [0.15, 0.2) is 0 Å². The molecule has 2 nitrogen and oxygen atoms in total. The van der Waals surface area contributed by atoms with Crippen molar-refractivity contribution in [1.82, 2.24) is 9.97 Å². The highest BCUT2D eigenvalue weighted by Gasteiger charge is 1.95. The third kappa shape index (κ3) is 3.00. The molecule has 0 radical (unpaired) electrons. The van der Waals surface area contributed by atoms with Crippen LogP contribution in [0.15, 0.2) is 79.6 Å². The average Bonchev–Trinajstić information content (AvgIpc) is 3.07. The molecule has 1 aromatic heterocycles. The number of hydrogen-bond acceptors (Lipinski definition) is 1. The van der Waals surface area contributed by atoms with Crippen molar-refractivity contribution in [3.63, 3.8) is 0 Å². The normalized spacial score (nSPS) is 10.1. The average molecular weight is 272 g/mol. The Bertz CT molecular complexity index is 756. The SMILES string of the molecule is C=Cc1ncc[nH]1.c1ccc2cc3ccccc3cc2c1. The predicted octanol–water partition coefficient (Wildman–Crippen LogP) is 5.05. The molecule has 0 atom stereocenters. The third-order valence-corrected chi connectivity index (χ3v) is 3.33. The van der Waals surface area contributed by atoms with E-state index in [0.717, 1.165) is 5.82 Å². The Kier molecular flexibility index (Phi) is 3.79. The van der Waals surface area contributed by atoms with E-state index in [1.165, 1.54) is 21.5 Å². The number of imidazole rings is 1. The molecular weight excluding hydrogens is 256 g/mol. The molecule has 21 heavy (non-hydrogen) atoms. The Morgan fingerprint density at radius 3 is 1.57 bits per heavy atom. The van der Waals surface area contributed by atoms with Crippen molar-refractivity contribution >= 4 is 27.6 Å². The first-order chi connectivity index (χ1) is 10.4. The summed E-state index contributed by atoms with van der Waals surface area (Å²) in [6.07, 6.45) is 5.12. The zero-order chi connectivity index (χ0) is 14.5. The Morgan fingerprint density at radius 2 is 1.29 bits per heavy atom. The van der Waals surface area contributed by atoms with E-state index in [4.69, 9.17) is 0 Å². The van der Waals surface area contributed by atoms with Crippen molar-refractivity contribution in [3.05, 3.63) is 85.5 Å². The summed E-state index contributed by atoms with van der Waals surface area (Å²) >= 11 is 0. The summed E-state index contributed by atoms with van der Waals surface area (Å²) in [6, 6.07) is 21.4. The molecule has 102 valence electrons. The number of aromatic nitrogens is 2. The minimum atomic E-state index is 0.819. The van der Waals surface area contributed by atoms with Gasteiger partial charge in [-0.05, 0) is 39.8 Å². The standard InChI is InChI=1S/C14H10.C5H6N2/c1-2-6-12-10-14-8-4-3-7-13(14)9-11(12)5-1;1-2-5-6-3-4-7-5/h1-10H;2-4H,1H2,(H,6,7). The number of nitrogens with one attached hydrogen (secondary N) is 1. The van der Waals surface area contributed by atoms with Gasteiger partial charge in [0, 0.05) is 12.4 Å². The zero-order valence-corrected chi connectivity index (χ0v) is 11.7. The van der Waals surface area contributed by atoms with Crippen LogP contribution in [-0.4, -0.2) is 9.97 Å². The molecule has 3 aromatic carbocycles. The molecule has 0 unspecified atom stereocenters. The Morgan fingerprint density at radius 1 is 0.810 bits per heavy atom. The molecule has 0 fully saturated rings. The van der Waals surface area contributed by atoms with E-state index in [1.807, 2.05) is 0 Å². The molecule has 0 aliphatic carbocycles. The van der Waals surface area contributed by atoms with Crippen LogP contribution in [0.1, 0.15) is 5.82 Å². The number of nitrogens with zero attached hydrogens (tertiary/aromatic N) is 1. The van der Waals surface area contributed by atoms with Crippen molar-refractivity contribution in [2.45, 2.75) is 0 Å². The van der Waals surface area contributed by atoms with Gasteiger partial charge in [0.05, 0.1) is 0 Å². The van der Waals surface area contributed by atoms with Gasteiger partial charge < -0.3 is 4.98 Å². The maximum absolute atomic E-state index is 3.86. The molecule has 2 heteroatoms. The Balaban J connectivity index is 0.000000160. The zero-order valence-electron chi connectivity index (χ0n) is 11.7. The second-order valence-electron chi connectivity index (χ2n) is 4.73. The number of H-pyrrole nitrogens is 1. The van der Waals surface area contributed by atoms with Crippen LogP contribution < -0.4 is 0 Å². The van der Waals surface area contributed by atoms with Gasteiger partial charge in [0.2, 0.25) is 0 Å². The quantitative estimate of drug-likeness (QED) is 0.483. The predicted molar refractivity (Wildman–Crippen MR) is 90.1 cm³/mol. The van der Waals surface area contributed by atoms with Gasteiger partial charge in [-0.3, -0.25) is 0 Å². The Labute approximate surface area is 123 Å². The van der Waals surface area contributed by atoms with Gasteiger partial charge in [-0.2, -0.15) is 0 Å². The summed E-state index contributed by atoms with van der Waals surface area (Å²) in [5.41, 5.74) is 0. The molecule has 0 aliphatic heterocycles. The lowest BCUT2D eigenvalue weighted by atomic mass is 10.0. The minimum Gasteiger partial charge on any atom is -0.345 e. The van der Waals surface area contributed by atoms with Crippen molar-refractivity contribution in [3.8, 4) is 0 Å². The third-order valence-electron chi connectivity index (χ3n) is 3.33. The molecule has 4 aromatic rings. The first kappa shape index (κ1) is 13.1. The topological polar surface area (TPSA) is 28.7 Å². The fraction of sp³-hybridized carbons (Fsp3) is 0. The number of benzene rings is 3. The van der Waals surface area contributed by atoms with Crippen molar-refractivity contribution in [1.29, 1.82) is 0 Å². The maximum atomic E-state index is 3.86. The lowest BCUT2D eigenvalue weighted by Crippen LogP contribution is -1.74. The highest BCUT2D eigenvalue weighted by atomic mass is 14.9. The van der Waals surface area contributed by atoms with E-state index in [-0.39, 0.29) is 0 Å². The van der Waals surface area contributed by atoms with Crippen LogP contribution in [0.2, 0.25) is 0 Å². The van der Waals surface area contributed by atoms with Crippen LogP contribution in [0.5, 0.6) is 0 Å². The van der Waals surface area contributed by atoms with Crippen LogP contribution in [-0.2, 0) is 0 Å². The summed E-state index contributed by atoms with van der Waals surface area (Å²) in [6.45, 7) is 3.51. The molecule has 0 amide bonds. The second kappa shape index (κ2) is 6.06. The summed E-state index contributed by atoms with van der Waals surface area (Å²) in [7, 11) is 0. The van der Waals surface area contributed by atoms with Crippen LogP contribution >= 0.6 is 0 Å². The van der Waals surface area contributed by atoms with Gasteiger partial charge in [-0.15, -0.1) is 0 Å². The number of rotatable bonds is 1. The summed E-state index contributed by atoms with van der Waals surface area (Å²) in [4.78, 5) is 6.72. The molecule has 0 aliphatic rings. The second-order valence-corrected chi connectivity index (χ2v) is 4.73. The summed E-state index contributed by atoms with van der Waals surface area (Å²) in [5.74, 6) is 0.819. The van der Waals surface area contributed by atoms with Gasteiger partial charge >= 0.3 is 0 Å². The molecule has 0 saturated carbocycles. The van der Waals surface area contributed by atoms with Crippen LogP contribution in [0.25, 0.3) is 27.6 Å². The fourth-order valence-corrected chi connectivity index (χ4v) is 2.27. The monoisotopic (exact) mass is 272 g/mol. The van der Waals surface area contributed by atoms with E-state index >= 15 is 0 Å². The lowest BCUT2D eigenvalue weighted by molar-refractivity contribution is 1.27.